The number of benzene rings is 5. The van der Waals surface area contributed by atoms with Gasteiger partial charge in [0.05, 0.1) is 0 Å². The van der Waals surface area contributed by atoms with Gasteiger partial charge < -0.3 is 0 Å². The van der Waals surface area contributed by atoms with E-state index in [0.29, 0.717) is 0 Å². The zero-order chi connectivity index (χ0) is 31.7. The van der Waals surface area contributed by atoms with Crippen LogP contribution in [0.4, 0.5) is 0 Å². The van der Waals surface area contributed by atoms with Crippen LogP contribution in [0.25, 0.3) is 75.5 Å². The Morgan fingerprint density at radius 3 is 1.34 bits per heavy atom. The third-order valence-electron chi connectivity index (χ3n) is 11.1. The highest BCUT2D eigenvalue weighted by atomic mass is 32.1. The van der Waals surface area contributed by atoms with E-state index in [0.717, 1.165) is 10.8 Å². The van der Waals surface area contributed by atoms with E-state index in [9.17, 15) is 0 Å². The van der Waals surface area contributed by atoms with Crippen LogP contribution >= 0.6 is 11.3 Å². The molecule has 224 valence electrons. The summed E-state index contributed by atoms with van der Waals surface area (Å²) in [4.78, 5) is 11.8. The fourth-order valence-corrected chi connectivity index (χ4v) is 10.0. The van der Waals surface area contributed by atoms with Crippen molar-refractivity contribution in [3.63, 3.8) is 0 Å². The smallest absolute Gasteiger partial charge is 0.0434 e. The molecule has 0 N–H and O–H groups in total. The van der Waals surface area contributed by atoms with Gasteiger partial charge in [0.1, 0.15) is 0 Å². The van der Waals surface area contributed by atoms with Crippen molar-refractivity contribution in [2.45, 2.75) is 38.5 Å². The summed E-state index contributed by atoms with van der Waals surface area (Å²) in [6.07, 6.45) is 7.89. The number of hydrogen-bond acceptors (Lipinski definition) is 3. The average molecular weight is 621 g/mol. The maximum Gasteiger partial charge on any atom is 0.0434 e. The van der Waals surface area contributed by atoms with Crippen LogP contribution in [0.15, 0.2) is 122 Å². The molecule has 0 bridgehead atoms. The van der Waals surface area contributed by atoms with Crippen molar-refractivity contribution in [3.8, 4) is 43.1 Å². The van der Waals surface area contributed by atoms with Gasteiger partial charge in [0.25, 0.3) is 0 Å². The van der Waals surface area contributed by atoms with Gasteiger partial charge in [0.2, 0.25) is 0 Å². The molecule has 2 aliphatic carbocycles. The predicted molar refractivity (Wildman–Crippen MR) is 198 cm³/mol. The van der Waals surface area contributed by atoms with Crippen LogP contribution < -0.4 is 0 Å². The lowest BCUT2D eigenvalue weighted by Crippen LogP contribution is -2.14. The lowest BCUT2D eigenvalue weighted by molar-refractivity contribution is 0.660. The van der Waals surface area contributed by atoms with Crippen LogP contribution in [0.2, 0.25) is 0 Å². The molecular formula is C44H32N2S. The highest BCUT2D eigenvalue weighted by Gasteiger charge is 2.37. The molecule has 0 aliphatic heterocycles. The second-order valence-electron chi connectivity index (χ2n) is 14.2. The Balaban J connectivity index is 1.29. The molecule has 2 aliphatic rings. The van der Waals surface area contributed by atoms with E-state index in [2.05, 4.69) is 135 Å². The van der Waals surface area contributed by atoms with Gasteiger partial charge in [0.15, 0.2) is 0 Å². The van der Waals surface area contributed by atoms with Gasteiger partial charge in [-0.15, -0.1) is 11.3 Å². The normalized spacial score (nSPS) is 15.1. The van der Waals surface area contributed by atoms with Crippen LogP contribution in [0.5, 0.6) is 0 Å². The van der Waals surface area contributed by atoms with Gasteiger partial charge in [-0.2, -0.15) is 0 Å². The van der Waals surface area contributed by atoms with Crippen LogP contribution in [-0.2, 0) is 10.8 Å². The Labute approximate surface area is 278 Å². The summed E-state index contributed by atoms with van der Waals surface area (Å²) < 4.78 is 0. The second kappa shape index (κ2) is 9.24. The number of hydrogen-bond donors (Lipinski definition) is 0. The summed E-state index contributed by atoms with van der Waals surface area (Å²) in [6, 6.07) is 36.5. The molecule has 8 aromatic rings. The molecule has 0 saturated heterocycles. The molecule has 0 unspecified atom stereocenters. The van der Waals surface area contributed by atoms with Crippen molar-refractivity contribution in [2.24, 2.45) is 0 Å². The number of fused-ring (bicyclic) bond motifs is 12. The molecule has 3 heterocycles. The molecule has 0 fully saturated rings. The SMILES string of the molecule is CC1(C)c2ccccc2-c2ccc(-c3sc(-c4ccc5c(c4)C(C)(C)c4ccccc4-5)c4c5ccncc5c5cnccc5c34)cc21. The van der Waals surface area contributed by atoms with Gasteiger partial charge in [-0.3, -0.25) is 9.97 Å². The minimum atomic E-state index is -0.0667. The lowest BCUT2D eigenvalue weighted by atomic mass is 9.81. The molecular weight excluding hydrogens is 589 g/mol. The van der Waals surface area contributed by atoms with Crippen LogP contribution in [0.1, 0.15) is 49.9 Å². The first-order valence-corrected chi connectivity index (χ1v) is 17.2. The van der Waals surface area contributed by atoms with Crippen molar-refractivity contribution in [1.29, 1.82) is 0 Å². The van der Waals surface area contributed by atoms with E-state index in [1.807, 2.05) is 36.1 Å². The number of rotatable bonds is 2. The second-order valence-corrected chi connectivity index (χ2v) is 15.2. The predicted octanol–water partition coefficient (Wildman–Crippen LogP) is 11.9. The van der Waals surface area contributed by atoms with E-state index in [1.165, 1.54) is 86.9 Å². The monoisotopic (exact) mass is 620 g/mol. The molecule has 3 aromatic heterocycles. The van der Waals surface area contributed by atoms with Gasteiger partial charge in [-0.1, -0.05) is 100 Å². The third-order valence-corrected chi connectivity index (χ3v) is 12.4. The first kappa shape index (κ1) is 27.0. The molecule has 0 amide bonds. The van der Waals surface area contributed by atoms with Crippen molar-refractivity contribution in [2.75, 3.05) is 0 Å². The van der Waals surface area contributed by atoms with E-state index >= 15 is 0 Å². The topological polar surface area (TPSA) is 25.8 Å². The fraction of sp³-hybridized carbons (Fsp3) is 0.136. The zero-order valence-corrected chi connectivity index (χ0v) is 27.7. The summed E-state index contributed by atoms with van der Waals surface area (Å²) in [5, 5.41) is 7.35. The summed E-state index contributed by atoms with van der Waals surface area (Å²) in [6.45, 7) is 9.47. The Morgan fingerprint density at radius 1 is 0.447 bits per heavy atom. The molecule has 10 rings (SSSR count). The van der Waals surface area contributed by atoms with Crippen LogP contribution in [0.3, 0.4) is 0 Å². The molecule has 47 heavy (non-hydrogen) atoms. The summed E-state index contributed by atoms with van der Waals surface area (Å²) in [5.74, 6) is 0. The number of pyridine rings is 2. The average Bonchev–Trinajstić information content (AvgIpc) is 3.69. The minimum absolute atomic E-state index is 0.0667. The van der Waals surface area contributed by atoms with Gasteiger partial charge in [0, 0.05) is 66.9 Å². The van der Waals surface area contributed by atoms with E-state index in [-0.39, 0.29) is 10.8 Å². The minimum Gasteiger partial charge on any atom is -0.264 e. The van der Waals surface area contributed by atoms with Gasteiger partial charge in [-0.25, -0.2) is 0 Å². The van der Waals surface area contributed by atoms with Crippen LogP contribution in [0, 0.1) is 0 Å². The maximum atomic E-state index is 4.58. The first-order chi connectivity index (χ1) is 22.8. The highest BCUT2D eigenvalue weighted by Crippen LogP contribution is 2.55. The summed E-state index contributed by atoms with van der Waals surface area (Å²) in [7, 11) is 0. The summed E-state index contributed by atoms with van der Waals surface area (Å²) in [5.41, 5.74) is 13.4. The highest BCUT2D eigenvalue weighted by molar-refractivity contribution is 7.21. The van der Waals surface area contributed by atoms with Gasteiger partial charge in [-0.05, 0) is 90.7 Å². The van der Waals surface area contributed by atoms with Crippen LogP contribution in [-0.4, -0.2) is 9.97 Å². The third kappa shape index (κ3) is 3.50. The zero-order valence-electron chi connectivity index (χ0n) is 26.8. The number of aromatic nitrogens is 2. The first-order valence-electron chi connectivity index (χ1n) is 16.4. The fourth-order valence-electron chi connectivity index (χ4n) is 8.70. The Bertz CT molecular complexity index is 2460. The van der Waals surface area contributed by atoms with Crippen molar-refractivity contribution < 1.29 is 0 Å². The van der Waals surface area contributed by atoms with Crippen molar-refractivity contribution in [3.05, 3.63) is 144 Å². The Kier molecular flexibility index (Phi) is 5.32. The van der Waals surface area contributed by atoms with Crippen molar-refractivity contribution in [1.82, 2.24) is 9.97 Å². The molecule has 0 radical (unpaired) electrons. The molecule has 3 heteroatoms. The molecule has 0 saturated carbocycles. The molecule has 5 aromatic carbocycles. The maximum absolute atomic E-state index is 4.58. The van der Waals surface area contributed by atoms with Crippen molar-refractivity contribution >= 4 is 43.7 Å². The molecule has 2 nitrogen and oxygen atoms in total. The molecule has 0 atom stereocenters. The number of nitrogens with zero attached hydrogens (tertiary/aromatic N) is 2. The largest absolute Gasteiger partial charge is 0.264 e. The van der Waals surface area contributed by atoms with Gasteiger partial charge >= 0.3 is 0 Å². The quantitative estimate of drug-likeness (QED) is 0.180. The van der Waals surface area contributed by atoms with E-state index in [1.54, 1.807) is 0 Å². The lowest BCUT2D eigenvalue weighted by Gasteiger charge is -2.22. The standard InChI is InChI=1S/C44H32N2S/c1-43(2)35-11-7-5-9-27(35)29-15-13-25(21-37(29)43)41-39-31-17-19-45-23-33(31)34-24-46-20-18-32(34)40(39)42(47-41)26-14-16-30-28-10-6-8-12-36(28)44(3,4)38(30)22-26/h5-24H,1-4H3. The number of thiophene rings is 1. The Morgan fingerprint density at radius 2 is 0.872 bits per heavy atom. The Hall–Kier alpha value is -5.12. The summed E-state index contributed by atoms with van der Waals surface area (Å²) >= 11 is 1.93. The molecule has 0 spiro atoms. The van der Waals surface area contributed by atoms with E-state index < -0.39 is 0 Å². The van der Waals surface area contributed by atoms with E-state index in [4.69, 9.17) is 0 Å².